The van der Waals surface area contributed by atoms with Gasteiger partial charge in [-0.3, -0.25) is 0 Å². The van der Waals surface area contributed by atoms with Crippen LogP contribution < -0.4 is 5.90 Å². The molecule has 0 saturated carbocycles. The van der Waals surface area contributed by atoms with Gasteiger partial charge in [0.1, 0.15) is 0 Å². The summed E-state index contributed by atoms with van der Waals surface area (Å²) in [5, 5.41) is 0. The van der Waals surface area contributed by atoms with Gasteiger partial charge in [-0.05, 0) is 0 Å². The Morgan fingerprint density at radius 3 is 1.40 bits per heavy atom. The summed E-state index contributed by atoms with van der Waals surface area (Å²) < 4.78 is 0. The maximum atomic E-state index is 4.35. The van der Waals surface area contributed by atoms with Crippen molar-refractivity contribution in [3.05, 3.63) is 0 Å². The molecule has 0 spiro atoms. The highest BCUT2D eigenvalue weighted by molar-refractivity contribution is 5.85. The fourth-order valence-electron chi connectivity index (χ4n) is 0. The van der Waals surface area contributed by atoms with Crippen LogP contribution in [0.4, 0.5) is 0 Å². The maximum absolute atomic E-state index is 4.35. The lowest BCUT2D eigenvalue weighted by atomic mass is 11.7. The Kier molecular flexibility index (Phi) is 87.3. The van der Waals surface area contributed by atoms with Crippen LogP contribution >= 0.6 is 24.8 Å². The van der Waals surface area contributed by atoms with Crippen LogP contribution in [-0.4, -0.2) is 7.11 Å². The van der Waals surface area contributed by atoms with E-state index in [-0.39, 0.29) is 24.8 Å². The second kappa shape index (κ2) is 24.5. The van der Waals surface area contributed by atoms with Crippen molar-refractivity contribution in [2.75, 3.05) is 7.11 Å². The van der Waals surface area contributed by atoms with Crippen molar-refractivity contribution in [2.24, 2.45) is 5.90 Å². The van der Waals surface area contributed by atoms with Gasteiger partial charge in [-0.25, -0.2) is 5.90 Å². The average molecular weight is 120 g/mol. The van der Waals surface area contributed by atoms with E-state index in [1.54, 1.807) is 0 Å². The molecule has 0 bridgehead atoms. The minimum absolute atomic E-state index is 0. The SMILES string of the molecule is CON.Cl.Cl. The zero-order valence-corrected chi connectivity index (χ0v) is 4.44. The summed E-state index contributed by atoms with van der Waals surface area (Å²) in [4.78, 5) is 3.75. The zero-order valence-electron chi connectivity index (χ0n) is 2.80. The zero-order chi connectivity index (χ0) is 2.71. The fraction of sp³-hybridized carbons (Fsp3) is 1.00. The van der Waals surface area contributed by atoms with Gasteiger partial charge in [0.2, 0.25) is 0 Å². The highest BCUT2D eigenvalue weighted by Gasteiger charge is 1.23. The molecule has 0 heterocycles. The molecule has 0 aromatic heterocycles. The van der Waals surface area contributed by atoms with Crippen LogP contribution in [0, 0.1) is 0 Å². The molecule has 0 aliphatic rings. The van der Waals surface area contributed by atoms with Gasteiger partial charge in [0.05, 0.1) is 7.11 Å². The first-order valence-corrected chi connectivity index (χ1v) is 0.644. The first-order valence-electron chi connectivity index (χ1n) is 0.644. The first kappa shape index (κ1) is 17.8. The van der Waals surface area contributed by atoms with E-state index in [2.05, 4.69) is 10.7 Å². The van der Waals surface area contributed by atoms with Gasteiger partial charge in [0.15, 0.2) is 0 Å². The first-order chi connectivity index (χ1) is 1.41. The highest BCUT2D eigenvalue weighted by atomic mass is 35.5. The summed E-state index contributed by atoms with van der Waals surface area (Å²) in [5.74, 6) is 4.35. The fourth-order valence-corrected chi connectivity index (χ4v) is 0. The molecule has 2 N–H and O–H groups in total. The summed E-state index contributed by atoms with van der Waals surface area (Å²) in [6.45, 7) is 0. The molecular formula is CH7Cl2NO. The second-order valence-electron chi connectivity index (χ2n) is 0.236. The van der Waals surface area contributed by atoms with Gasteiger partial charge >= 0.3 is 0 Å². The lowest BCUT2D eigenvalue weighted by molar-refractivity contribution is 0.206. The maximum Gasteiger partial charge on any atom is 0.0569 e. The predicted molar refractivity (Wildman–Crippen MR) is 25.7 cm³/mol. The molecule has 5 heavy (non-hydrogen) atoms. The smallest absolute Gasteiger partial charge is 0.0569 e. The topological polar surface area (TPSA) is 35.2 Å². The molecule has 0 radical (unpaired) electrons. The van der Waals surface area contributed by atoms with Gasteiger partial charge < -0.3 is 4.84 Å². The Morgan fingerprint density at radius 2 is 1.40 bits per heavy atom. The Labute approximate surface area is 43.5 Å². The van der Waals surface area contributed by atoms with E-state index in [4.69, 9.17) is 0 Å². The lowest BCUT2D eigenvalue weighted by Gasteiger charge is -1.62. The predicted octanol–water partition coefficient (Wildman–Crippen LogP) is 0.350. The Bertz CT molecular complexity index is 9.61. The van der Waals surface area contributed by atoms with Gasteiger partial charge in [-0.15, -0.1) is 24.8 Å². The van der Waals surface area contributed by atoms with Gasteiger partial charge in [0.25, 0.3) is 0 Å². The van der Waals surface area contributed by atoms with Gasteiger partial charge in [-0.1, -0.05) is 0 Å². The molecule has 0 unspecified atom stereocenters. The van der Waals surface area contributed by atoms with Crippen LogP contribution in [-0.2, 0) is 4.84 Å². The molecule has 4 heteroatoms. The molecule has 0 aromatic rings. The molecule has 0 rings (SSSR count). The summed E-state index contributed by atoms with van der Waals surface area (Å²) in [7, 11) is 1.40. The van der Waals surface area contributed by atoms with Crippen LogP contribution in [0.15, 0.2) is 0 Å². The highest BCUT2D eigenvalue weighted by Crippen LogP contribution is 1.14. The third-order valence-corrected chi connectivity index (χ3v) is 0. The monoisotopic (exact) mass is 119 g/mol. The van der Waals surface area contributed by atoms with Crippen molar-refractivity contribution in [1.29, 1.82) is 0 Å². The van der Waals surface area contributed by atoms with Crippen molar-refractivity contribution in [2.45, 2.75) is 0 Å². The minimum Gasteiger partial charge on any atom is -0.308 e. The van der Waals surface area contributed by atoms with Gasteiger partial charge in [-0.2, -0.15) is 0 Å². The normalized spacial score (nSPS) is 3.60. The van der Waals surface area contributed by atoms with Crippen LogP contribution in [0.3, 0.4) is 0 Å². The molecule has 0 fully saturated rings. The summed E-state index contributed by atoms with van der Waals surface area (Å²) in [5.41, 5.74) is 0. The Hall–Kier alpha value is 0.500. The van der Waals surface area contributed by atoms with E-state index >= 15 is 0 Å². The summed E-state index contributed by atoms with van der Waals surface area (Å²) >= 11 is 0. The molecule has 36 valence electrons. The van der Waals surface area contributed by atoms with Crippen LogP contribution in [0.25, 0.3) is 0 Å². The Morgan fingerprint density at radius 1 is 1.40 bits per heavy atom. The Balaban J connectivity index is -0.0000000200. The standard InChI is InChI=1S/CH5NO.2ClH/c1-3-2;;/h2H2,1H3;2*1H. The average Bonchev–Trinajstić information content (AvgIpc) is 0.918. The third kappa shape index (κ3) is 113. The largest absolute Gasteiger partial charge is 0.308 e. The van der Waals surface area contributed by atoms with Crippen molar-refractivity contribution in [3.63, 3.8) is 0 Å². The van der Waals surface area contributed by atoms with E-state index in [0.717, 1.165) is 0 Å². The molecule has 0 amide bonds. The van der Waals surface area contributed by atoms with E-state index < -0.39 is 0 Å². The van der Waals surface area contributed by atoms with E-state index in [0.29, 0.717) is 0 Å². The van der Waals surface area contributed by atoms with Gasteiger partial charge in [0, 0.05) is 0 Å². The number of hydrogen-bond acceptors (Lipinski definition) is 2. The minimum atomic E-state index is 0. The molecular weight excluding hydrogens is 113 g/mol. The number of halogens is 2. The van der Waals surface area contributed by atoms with Crippen LogP contribution in [0.5, 0.6) is 0 Å². The molecule has 0 aliphatic carbocycles. The third-order valence-electron chi connectivity index (χ3n) is 0. The number of hydrogen-bond donors (Lipinski definition) is 1. The van der Waals surface area contributed by atoms with Crippen molar-refractivity contribution in [1.82, 2.24) is 0 Å². The van der Waals surface area contributed by atoms with Crippen LogP contribution in [0.1, 0.15) is 0 Å². The molecule has 0 atom stereocenters. The van der Waals surface area contributed by atoms with Crippen molar-refractivity contribution >= 4 is 24.8 Å². The van der Waals surface area contributed by atoms with Crippen LogP contribution in [0.2, 0.25) is 0 Å². The quantitative estimate of drug-likeness (QED) is 0.468. The molecule has 0 aliphatic heterocycles. The second-order valence-corrected chi connectivity index (χ2v) is 0.236. The van der Waals surface area contributed by atoms with E-state index in [1.165, 1.54) is 7.11 Å². The summed E-state index contributed by atoms with van der Waals surface area (Å²) in [6, 6.07) is 0. The number of nitrogens with two attached hydrogens (primary N) is 1. The molecule has 2 nitrogen and oxygen atoms in total. The van der Waals surface area contributed by atoms with E-state index in [1.807, 2.05) is 0 Å². The number of rotatable bonds is 0. The molecule has 0 aromatic carbocycles. The van der Waals surface area contributed by atoms with Crippen molar-refractivity contribution < 1.29 is 4.84 Å². The van der Waals surface area contributed by atoms with Crippen molar-refractivity contribution in [3.8, 4) is 0 Å². The molecule has 0 saturated heterocycles. The summed E-state index contributed by atoms with van der Waals surface area (Å²) in [6.07, 6.45) is 0. The lowest BCUT2D eigenvalue weighted by Crippen LogP contribution is -1.86. The van der Waals surface area contributed by atoms with E-state index in [9.17, 15) is 0 Å².